The molecule has 1 heteroatoms. The van der Waals surface area contributed by atoms with Crippen molar-refractivity contribution in [2.24, 2.45) is 0 Å². The Labute approximate surface area is 315 Å². The van der Waals surface area contributed by atoms with Crippen molar-refractivity contribution in [1.82, 2.24) is 4.57 Å². The van der Waals surface area contributed by atoms with Gasteiger partial charge in [0, 0.05) is 21.9 Å². The summed E-state index contributed by atoms with van der Waals surface area (Å²) in [5, 5.41) is 10.4. The lowest BCUT2D eigenvalue weighted by atomic mass is 9.78. The summed E-state index contributed by atoms with van der Waals surface area (Å²) >= 11 is 0. The van der Waals surface area contributed by atoms with Crippen LogP contribution in [0.2, 0.25) is 0 Å². The highest BCUT2D eigenvalue weighted by molar-refractivity contribution is 6.25. The molecule has 1 nitrogen and oxygen atoms in total. The minimum Gasteiger partial charge on any atom is -0.309 e. The number of hydrogen-bond acceptors (Lipinski definition) is 0. The first-order valence-corrected chi connectivity index (χ1v) is 19.1. The molecule has 0 saturated carbocycles. The molecule has 10 aromatic rings. The third-order valence-corrected chi connectivity index (χ3v) is 12.5. The molecule has 0 spiro atoms. The zero-order valence-electron chi connectivity index (χ0n) is 31.0. The van der Waals surface area contributed by atoms with Gasteiger partial charge in [-0.25, -0.2) is 0 Å². The lowest BCUT2D eigenvalue weighted by Gasteiger charge is -2.26. The van der Waals surface area contributed by atoms with Crippen molar-refractivity contribution in [3.05, 3.63) is 186 Å². The molecular weight excluding hydrogens is 651 g/mol. The van der Waals surface area contributed by atoms with Crippen molar-refractivity contribution in [2.75, 3.05) is 0 Å². The molecule has 54 heavy (non-hydrogen) atoms. The second kappa shape index (κ2) is 11.3. The molecule has 1 aliphatic rings. The summed E-state index contributed by atoms with van der Waals surface area (Å²) in [6.45, 7) is 9.42. The number of nitrogens with zero attached hydrogens (tertiary/aromatic N) is 1. The quantitative estimate of drug-likeness (QED) is 0.163. The standard InChI is InChI=1S/C53H39N/c1-32-13-5-6-14-37(32)38-27-28-45-46-29-30-47-44-19-11-12-20-49(44)54(52(47)51(46)53(3,4)50(45)33(38)2)36-24-21-34(22-25-36)35-23-26-43-41-17-8-7-15-39(41)40-16-9-10-18-42(40)48(43)31-35/h5-31H,1-4H3. The van der Waals surface area contributed by atoms with E-state index in [1.54, 1.807) is 0 Å². The van der Waals surface area contributed by atoms with Crippen LogP contribution < -0.4 is 0 Å². The highest BCUT2D eigenvalue weighted by Crippen LogP contribution is 2.55. The molecule has 0 radical (unpaired) electrons. The molecule has 1 heterocycles. The molecule has 1 aliphatic carbocycles. The van der Waals surface area contributed by atoms with Gasteiger partial charge >= 0.3 is 0 Å². The maximum Gasteiger partial charge on any atom is 0.0588 e. The average molecular weight is 690 g/mol. The third kappa shape index (κ3) is 4.21. The van der Waals surface area contributed by atoms with Crippen molar-refractivity contribution in [1.29, 1.82) is 0 Å². The number of aromatic nitrogens is 1. The van der Waals surface area contributed by atoms with Gasteiger partial charge in [-0.1, -0.05) is 153 Å². The first kappa shape index (κ1) is 31.1. The lowest BCUT2D eigenvalue weighted by Crippen LogP contribution is -2.18. The van der Waals surface area contributed by atoms with Crippen molar-refractivity contribution in [3.8, 4) is 39.1 Å². The molecule has 256 valence electrons. The van der Waals surface area contributed by atoms with Crippen LogP contribution in [-0.2, 0) is 5.41 Å². The Hall–Kier alpha value is -6.44. The Morgan fingerprint density at radius 3 is 1.61 bits per heavy atom. The van der Waals surface area contributed by atoms with Crippen molar-refractivity contribution in [2.45, 2.75) is 33.1 Å². The van der Waals surface area contributed by atoms with E-state index in [-0.39, 0.29) is 5.41 Å². The third-order valence-electron chi connectivity index (χ3n) is 12.5. The van der Waals surface area contributed by atoms with Crippen LogP contribution in [0.5, 0.6) is 0 Å². The minimum atomic E-state index is -0.197. The Morgan fingerprint density at radius 2 is 0.907 bits per heavy atom. The van der Waals surface area contributed by atoms with Gasteiger partial charge in [-0.3, -0.25) is 0 Å². The molecule has 11 rings (SSSR count). The predicted octanol–water partition coefficient (Wildman–Crippen LogP) is 14.5. The van der Waals surface area contributed by atoms with Gasteiger partial charge in [-0.05, 0) is 126 Å². The van der Waals surface area contributed by atoms with Gasteiger partial charge in [0.25, 0.3) is 0 Å². The molecule has 0 N–H and O–H groups in total. The lowest BCUT2D eigenvalue weighted by molar-refractivity contribution is 0.659. The molecule has 0 aliphatic heterocycles. The molecular formula is C53H39N. The summed E-state index contributed by atoms with van der Waals surface area (Å²) in [7, 11) is 0. The van der Waals surface area contributed by atoms with Crippen molar-refractivity contribution in [3.63, 3.8) is 0 Å². The highest BCUT2D eigenvalue weighted by Gasteiger charge is 2.40. The van der Waals surface area contributed by atoms with Gasteiger partial charge in [0.15, 0.2) is 0 Å². The summed E-state index contributed by atoms with van der Waals surface area (Å²) in [6.07, 6.45) is 0. The Balaban J connectivity index is 1.09. The van der Waals surface area contributed by atoms with Gasteiger partial charge in [0.1, 0.15) is 0 Å². The van der Waals surface area contributed by atoms with Crippen LogP contribution in [0.15, 0.2) is 164 Å². The average Bonchev–Trinajstić information content (AvgIpc) is 3.67. The van der Waals surface area contributed by atoms with Crippen LogP contribution in [0, 0.1) is 13.8 Å². The largest absolute Gasteiger partial charge is 0.309 e. The fourth-order valence-corrected chi connectivity index (χ4v) is 10.1. The Bertz CT molecular complexity index is 3150. The number of fused-ring (bicyclic) bond motifs is 13. The van der Waals surface area contributed by atoms with E-state index in [1.807, 2.05) is 0 Å². The molecule has 0 fully saturated rings. The molecule has 0 saturated heterocycles. The van der Waals surface area contributed by atoms with E-state index in [0.717, 1.165) is 0 Å². The molecule has 0 amide bonds. The maximum atomic E-state index is 2.53. The molecule has 0 unspecified atom stereocenters. The summed E-state index contributed by atoms with van der Waals surface area (Å²) < 4.78 is 2.53. The number of aryl methyl sites for hydroxylation is 1. The van der Waals surface area contributed by atoms with Gasteiger partial charge in [0.05, 0.1) is 11.0 Å². The van der Waals surface area contributed by atoms with E-state index in [0.29, 0.717) is 0 Å². The number of rotatable bonds is 3. The van der Waals surface area contributed by atoms with Crippen LogP contribution in [0.25, 0.3) is 93.2 Å². The summed E-state index contributed by atoms with van der Waals surface area (Å²) in [6, 6.07) is 61.0. The van der Waals surface area contributed by atoms with Gasteiger partial charge in [0.2, 0.25) is 0 Å². The predicted molar refractivity (Wildman–Crippen MR) is 231 cm³/mol. The number of hydrogen-bond donors (Lipinski definition) is 0. The summed E-state index contributed by atoms with van der Waals surface area (Å²) in [4.78, 5) is 0. The number of para-hydroxylation sites is 1. The minimum absolute atomic E-state index is 0.197. The van der Waals surface area contributed by atoms with Crippen LogP contribution in [0.3, 0.4) is 0 Å². The summed E-state index contributed by atoms with van der Waals surface area (Å²) in [5.41, 5.74) is 16.9. The van der Waals surface area contributed by atoms with Gasteiger partial charge in [-0.2, -0.15) is 0 Å². The van der Waals surface area contributed by atoms with Crippen LogP contribution in [-0.4, -0.2) is 4.57 Å². The maximum absolute atomic E-state index is 2.53. The molecule has 0 atom stereocenters. The van der Waals surface area contributed by atoms with Crippen LogP contribution >= 0.6 is 0 Å². The highest BCUT2D eigenvalue weighted by atomic mass is 15.0. The van der Waals surface area contributed by atoms with Crippen LogP contribution in [0.1, 0.15) is 36.1 Å². The van der Waals surface area contributed by atoms with E-state index in [4.69, 9.17) is 0 Å². The Morgan fingerprint density at radius 1 is 0.389 bits per heavy atom. The number of benzene rings is 9. The summed E-state index contributed by atoms with van der Waals surface area (Å²) in [5.74, 6) is 0. The fourth-order valence-electron chi connectivity index (χ4n) is 10.1. The first-order chi connectivity index (χ1) is 26.4. The van der Waals surface area contributed by atoms with Gasteiger partial charge < -0.3 is 4.57 Å². The van der Waals surface area contributed by atoms with Crippen molar-refractivity contribution >= 4 is 54.1 Å². The molecule has 0 bridgehead atoms. The topological polar surface area (TPSA) is 4.93 Å². The smallest absolute Gasteiger partial charge is 0.0588 e. The second-order valence-electron chi connectivity index (χ2n) is 15.7. The SMILES string of the molecule is Cc1ccccc1-c1ccc2c(c1C)C(C)(C)c1c-2ccc2c3ccccc3n(-c3ccc(-c4ccc5c6ccccc6c6ccccc6c5c4)cc3)c12. The van der Waals surface area contributed by atoms with E-state index >= 15 is 0 Å². The zero-order valence-corrected chi connectivity index (χ0v) is 31.0. The zero-order chi connectivity index (χ0) is 36.3. The van der Waals surface area contributed by atoms with Gasteiger partial charge in [-0.15, -0.1) is 0 Å². The van der Waals surface area contributed by atoms with E-state index in [2.05, 4.69) is 196 Å². The molecule has 1 aromatic heterocycles. The van der Waals surface area contributed by atoms with E-state index in [9.17, 15) is 0 Å². The molecule has 9 aromatic carbocycles. The Kier molecular flexibility index (Phi) is 6.50. The first-order valence-electron chi connectivity index (χ1n) is 19.1. The van der Waals surface area contributed by atoms with E-state index < -0.39 is 0 Å². The second-order valence-corrected chi connectivity index (χ2v) is 15.7. The normalized spacial score (nSPS) is 13.3. The van der Waals surface area contributed by atoms with Crippen molar-refractivity contribution < 1.29 is 0 Å². The van der Waals surface area contributed by atoms with E-state index in [1.165, 1.54) is 115 Å². The van der Waals surface area contributed by atoms with Crippen LogP contribution in [0.4, 0.5) is 0 Å². The fraction of sp³-hybridized carbons (Fsp3) is 0.0943. The monoisotopic (exact) mass is 689 g/mol.